The summed E-state index contributed by atoms with van der Waals surface area (Å²) in [7, 11) is -3.70. The fourth-order valence-corrected chi connectivity index (χ4v) is 5.72. The first-order valence-corrected chi connectivity index (χ1v) is 12.6. The van der Waals surface area contributed by atoms with Crippen LogP contribution in [-0.4, -0.2) is 56.0 Å². The Hall–Kier alpha value is -2.01. The lowest BCUT2D eigenvalue weighted by Crippen LogP contribution is -2.40. The predicted molar refractivity (Wildman–Crippen MR) is 121 cm³/mol. The molecule has 10 heteroatoms. The number of morpholine rings is 1. The van der Waals surface area contributed by atoms with E-state index in [0.29, 0.717) is 48.3 Å². The van der Waals surface area contributed by atoms with Crippen LogP contribution in [0.3, 0.4) is 0 Å². The van der Waals surface area contributed by atoms with E-state index in [0.717, 1.165) is 17.8 Å². The molecule has 31 heavy (non-hydrogen) atoms. The molecule has 1 N–H and O–H groups in total. The third-order valence-electron chi connectivity index (χ3n) is 4.68. The summed E-state index contributed by atoms with van der Waals surface area (Å²) in [6, 6.07) is 4.56. The number of anilines is 1. The highest BCUT2D eigenvalue weighted by Gasteiger charge is 2.28. The Morgan fingerprint density at radius 3 is 2.68 bits per heavy atom. The molecule has 1 saturated heterocycles. The maximum atomic E-state index is 13.1. The fourth-order valence-electron chi connectivity index (χ4n) is 3.22. The maximum Gasteiger partial charge on any atom is 0.267 e. The molecule has 2 aromatic rings. The summed E-state index contributed by atoms with van der Waals surface area (Å²) in [4.78, 5) is 18.1. The molecule has 0 bridgehead atoms. The van der Waals surface area contributed by atoms with E-state index in [1.54, 1.807) is 13.0 Å². The summed E-state index contributed by atoms with van der Waals surface area (Å²) in [6.45, 7) is 8.93. The predicted octanol–water partition coefficient (Wildman–Crippen LogP) is 3.46. The number of aromatic nitrogens is 1. The van der Waals surface area contributed by atoms with Gasteiger partial charge in [-0.2, -0.15) is 4.31 Å². The zero-order chi connectivity index (χ0) is 22.6. The normalized spacial score (nSPS) is 15.3. The lowest BCUT2D eigenvalue weighted by molar-refractivity contribution is 0.0730. The van der Waals surface area contributed by atoms with Crippen LogP contribution in [0.1, 0.15) is 47.6 Å². The minimum Gasteiger partial charge on any atom is -0.489 e. The molecule has 0 unspecified atom stereocenters. The third-order valence-corrected chi connectivity index (χ3v) is 7.79. The standard InChI is InChI=1S/C21H29N3O5S2/c1-5-6-19-22-15(4)20(30-19)21(25)23-17-13-16(7-8-18(17)29-14(2)3)31(26,27)24-9-11-28-12-10-24/h7-8,13-14H,5-6,9-12H2,1-4H3,(H,23,25). The molecule has 0 saturated carbocycles. The lowest BCUT2D eigenvalue weighted by Gasteiger charge is -2.26. The van der Waals surface area contributed by atoms with Gasteiger partial charge in [-0.25, -0.2) is 13.4 Å². The fraction of sp³-hybridized carbons (Fsp3) is 0.524. The van der Waals surface area contributed by atoms with Gasteiger partial charge in [0.2, 0.25) is 10.0 Å². The smallest absolute Gasteiger partial charge is 0.267 e. The van der Waals surface area contributed by atoms with Crippen LogP contribution in [0.25, 0.3) is 0 Å². The van der Waals surface area contributed by atoms with Crippen molar-refractivity contribution in [2.24, 2.45) is 0 Å². The Labute approximate surface area is 187 Å². The van der Waals surface area contributed by atoms with E-state index in [4.69, 9.17) is 9.47 Å². The molecule has 1 aliphatic rings. The Morgan fingerprint density at radius 1 is 1.32 bits per heavy atom. The highest BCUT2D eigenvalue weighted by molar-refractivity contribution is 7.89. The summed E-state index contributed by atoms with van der Waals surface area (Å²) in [6.07, 6.45) is 1.62. The Balaban J connectivity index is 1.93. The van der Waals surface area contributed by atoms with Crippen molar-refractivity contribution >= 4 is 33.0 Å². The number of carbonyl (C=O) groups excluding carboxylic acids is 1. The second-order valence-corrected chi connectivity index (χ2v) is 10.6. The molecular weight excluding hydrogens is 438 g/mol. The SMILES string of the molecule is CCCc1nc(C)c(C(=O)Nc2cc(S(=O)(=O)N3CCOCC3)ccc2OC(C)C)s1. The van der Waals surface area contributed by atoms with Crippen molar-refractivity contribution < 1.29 is 22.7 Å². The topological polar surface area (TPSA) is 97.8 Å². The first-order valence-electron chi connectivity index (χ1n) is 10.4. The van der Waals surface area contributed by atoms with E-state index in [9.17, 15) is 13.2 Å². The van der Waals surface area contributed by atoms with Gasteiger partial charge in [-0.1, -0.05) is 6.92 Å². The summed E-state index contributed by atoms with van der Waals surface area (Å²) in [5, 5.41) is 3.75. The monoisotopic (exact) mass is 467 g/mol. The van der Waals surface area contributed by atoms with E-state index in [1.165, 1.54) is 27.8 Å². The number of carbonyl (C=O) groups is 1. The molecule has 8 nitrogen and oxygen atoms in total. The molecule has 1 aromatic carbocycles. The van der Waals surface area contributed by atoms with Crippen molar-refractivity contribution in [2.75, 3.05) is 31.6 Å². The molecule has 2 heterocycles. The number of sulfonamides is 1. The number of nitrogens with zero attached hydrogens (tertiary/aromatic N) is 2. The van der Waals surface area contributed by atoms with Gasteiger partial charge < -0.3 is 14.8 Å². The highest BCUT2D eigenvalue weighted by atomic mass is 32.2. The molecule has 1 aromatic heterocycles. The van der Waals surface area contributed by atoms with Crippen molar-refractivity contribution in [3.05, 3.63) is 33.8 Å². The first kappa shape index (κ1) is 23.6. The van der Waals surface area contributed by atoms with Gasteiger partial charge in [0, 0.05) is 13.1 Å². The molecule has 0 radical (unpaired) electrons. The van der Waals surface area contributed by atoms with Crippen molar-refractivity contribution in [3.8, 4) is 5.75 Å². The van der Waals surface area contributed by atoms with Crippen LogP contribution in [0, 0.1) is 6.92 Å². The average Bonchev–Trinajstić information content (AvgIpc) is 3.10. The second-order valence-electron chi connectivity index (χ2n) is 7.57. The number of ether oxygens (including phenoxy) is 2. The van der Waals surface area contributed by atoms with Gasteiger partial charge in [-0.3, -0.25) is 4.79 Å². The summed E-state index contributed by atoms with van der Waals surface area (Å²) >= 11 is 1.36. The average molecular weight is 468 g/mol. The van der Waals surface area contributed by atoms with E-state index < -0.39 is 10.0 Å². The maximum absolute atomic E-state index is 13.1. The number of thiazole rings is 1. The van der Waals surface area contributed by atoms with Crippen LogP contribution in [0.4, 0.5) is 5.69 Å². The van der Waals surface area contributed by atoms with Crippen molar-refractivity contribution in [1.29, 1.82) is 0 Å². The van der Waals surface area contributed by atoms with Crippen molar-refractivity contribution in [1.82, 2.24) is 9.29 Å². The summed E-state index contributed by atoms with van der Waals surface area (Å²) in [5.74, 6) is 0.0899. The number of aryl methyl sites for hydroxylation is 2. The Morgan fingerprint density at radius 2 is 2.03 bits per heavy atom. The van der Waals surface area contributed by atoms with E-state index in [1.807, 2.05) is 13.8 Å². The number of hydrogen-bond donors (Lipinski definition) is 1. The van der Waals surface area contributed by atoms with Gasteiger partial charge in [0.25, 0.3) is 5.91 Å². The molecule has 3 rings (SSSR count). The number of nitrogens with one attached hydrogen (secondary N) is 1. The van der Waals surface area contributed by atoms with Crippen LogP contribution < -0.4 is 10.1 Å². The van der Waals surface area contributed by atoms with Crippen LogP contribution in [0.5, 0.6) is 5.75 Å². The van der Waals surface area contributed by atoms with Gasteiger partial charge in [-0.05, 0) is 51.8 Å². The summed E-state index contributed by atoms with van der Waals surface area (Å²) in [5.41, 5.74) is 0.979. The van der Waals surface area contributed by atoms with Gasteiger partial charge in [0.15, 0.2) is 0 Å². The molecule has 0 atom stereocenters. The zero-order valence-electron chi connectivity index (χ0n) is 18.3. The Bertz CT molecular complexity index is 1030. The number of rotatable bonds is 8. The largest absolute Gasteiger partial charge is 0.489 e. The number of amides is 1. The molecule has 0 aliphatic carbocycles. The van der Waals surface area contributed by atoms with E-state index in [2.05, 4.69) is 17.2 Å². The van der Waals surface area contributed by atoms with Crippen LogP contribution in [-0.2, 0) is 21.2 Å². The second kappa shape index (κ2) is 10.1. The minimum absolute atomic E-state index is 0.105. The molecule has 1 aliphatic heterocycles. The zero-order valence-corrected chi connectivity index (χ0v) is 19.9. The van der Waals surface area contributed by atoms with E-state index in [-0.39, 0.29) is 16.9 Å². The molecular formula is C21H29N3O5S2. The number of benzene rings is 1. The molecule has 170 valence electrons. The van der Waals surface area contributed by atoms with Crippen LogP contribution >= 0.6 is 11.3 Å². The molecule has 1 fully saturated rings. The van der Waals surface area contributed by atoms with Crippen LogP contribution in [0.15, 0.2) is 23.1 Å². The Kier molecular flexibility index (Phi) is 7.68. The first-order chi connectivity index (χ1) is 14.7. The van der Waals surface area contributed by atoms with Crippen molar-refractivity contribution in [2.45, 2.75) is 51.5 Å². The third kappa shape index (κ3) is 5.62. The van der Waals surface area contributed by atoms with Gasteiger partial charge >= 0.3 is 0 Å². The molecule has 0 spiro atoms. The van der Waals surface area contributed by atoms with Gasteiger partial charge in [0.1, 0.15) is 10.6 Å². The summed E-state index contributed by atoms with van der Waals surface area (Å²) < 4.78 is 38.6. The minimum atomic E-state index is -3.70. The van der Waals surface area contributed by atoms with Gasteiger partial charge in [0.05, 0.1) is 40.6 Å². The lowest BCUT2D eigenvalue weighted by atomic mass is 10.2. The number of hydrogen-bond acceptors (Lipinski definition) is 7. The molecule has 1 amide bonds. The van der Waals surface area contributed by atoms with Crippen molar-refractivity contribution in [3.63, 3.8) is 0 Å². The van der Waals surface area contributed by atoms with Crippen LogP contribution in [0.2, 0.25) is 0 Å². The highest BCUT2D eigenvalue weighted by Crippen LogP contribution is 2.31. The van der Waals surface area contributed by atoms with E-state index >= 15 is 0 Å². The van der Waals surface area contributed by atoms with Gasteiger partial charge in [-0.15, -0.1) is 11.3 Å². The quantitative estimate of drug-likeness (QED) is 0.638.